The molecule has 0 saturated heterocycles. The molecule has 106 valence electrons. The fourth-order valence-corrected chi connectivity index (χ4v) is 1.65. The van der Waals surface area contributed by atoms with Crippen molar-refractivity contribution in [1.29, 1.82) is 0 Å². The van der Waals surface area contributed by atoms with E-state index < -0.39 is 11.9 Å². The van der Waals surface area contributed by atoms with Crippen LogP contribution in [0.2, 0.25) is 0 Å². The minimum absolute atomic E-state index is 0.148. The zero-order valence-electron chi connectivity index (χ0n) is 11.3. The van der Waals surface area contributed by atoms with E-state index >= 15 is 0 Å². The summed E-state index contributed by atoms with van der Waals surface area (Å²) < 4.78 is 0. The summed E-state index contributed by atoms with van der Waals surface area (Å²) in [6.07, 6.45) is 0.296. The van der Waals surface area contributed by atoms with Crippen molar-refractivity contribution in [3.8, 4) is 0 Å². The van der Waals surface area contributed by atoms with Crippen molar-refractivity contribution >= 4 is 11.9 Å². The van der Waals surface area contributed by atoms with E-state index in [9.17, 15) is 9.59 Å². The molecule has 0 aliphatic rings. The largest absolute Gasteiger partial charge is 0.481 e. The smallest absolute Gasteiger partial charge is 0.304 e. The van der Waals surface area contributed by atoms with Gasteiger partial charge < -0.3 is 20.0 Å². The second-order valence-electron chi connectivity index (χ2n) is 4.16. The zero-order valence-corrected chi connectivity index (χ0v) is 11.3. The Morgan fingerprint density at radius 1 is 0.778 bits per heavy atom. The van der Waals surface area contributed by atoms with Gasteiger partial charge in [-0.25, -0.2) is 0 Å². The molecule has 0 aromatic carbocycles. The Bertz CT molecular complexity index is 232. The van der Waals surface area contributed by atoms with Crippen molar-refractivity contribution in [3.63, 3.8) is 0 Å². The highest BCUT2D eigenvalue weighted by Crippen LogP contribution is 1.96. The summed E-state index contributed by atoms with van der Waals surface area (Å²) in [4.78, 5) is 25.1. The fraction of sp³-hybridized carbons (Fsp3) is 0.833. The number of carboxylic acids is 2. The Hall–Kier alpha value is -1.14. The molecule has 0 saturated carbocycles. The van der Waals surface area contributed by atoms with Gasteiger partial charge in [0.05, 0.1) is 12.8 Å². The van der Waals surface area contributed by atoms with Crippen molar-refractivity contribution in [1.82, 2.24) is 9.80 Å². The lowest BCUT2D eigenvalue weighted by atomic mass is 10.3. The molecule has 0 amide bonds. The van der Waals surface area contributed by atoms with Crippen molar-refractivity contribution in [2.24, 2.45) is 0 Å². The normalized spacial score (nSPS) is 11.1. The first kappa shape index (κ1) is 16.9. The van der Waals surface area contributed by atoms with Crippen LogP contribution in [-0.4, -0.2) is 71.2 Å². The molecule has 6 heteroatoms. The van der Waals surface area contributed by atoms with E-state index in [1.54, 1.807) is 0 Å². The summed E-state index contributed by atoms with van der Waals surface area (Å²) in [6.45, 7) is 8.25. The Morgan fingerprint density at radius 2 is 1.11 bits per heavy atom. The van der Waals surface area contributed by atoms with Gasteiger partial charge in [0, 0.05) is 26.2 Å². The lowest BCUT2D eigenvalue weighted by Gasteiger charge is -2.25. The molecule has 0 aromatic heterocycles. The van der Waals surface area contributed by atoms with Gasteiger partial charge in [-0.1, -0.05) is 13.8 Å². The number of hydrogen-bond acceptors (Lipinski definition) is 4. The van der Waals surface area contributed by atoms with E-state index in [-0.39, 0.29) is 12.8 Å². The quantitative estimate of drug-likeness (QED) is 0.565. The summed E-state index contributed by atoms with van der Waals surface area (Å²) in [5, 5.41) is 17.2. The predicted octanol–water partition coefficient (Wildman–Crippen LogP) is 0.580. The number of carbonyl (C=O) groups is 2. The molecule has 0 aliphatic carbocycles. The van der Waals surface area contributed by atoms with Crippen LogP contribution in [0.5, 0.6) is 0 Å². The summed E-state index contributed by atoms with van der Waals surface area (Å²) >= 11 is 0. The highest BCUT2D eigenvalue weighted by Gasteiger charge is 2.09. The third kappa shape index (κ3) is 8.95. The third-order valence-corrected chi connectivity index (χ3v) is 2.91. The van der Waals surface area contributed by atoms with Gasteiger partial charge in [-0.05, 0) is 13.1 Å². The maximum Gasteiger partial charge on any atom is 0.304 e. The first-order valence-corrected chi connectivity index (χ1v) is 6.37. The van der Waals surface area contributed by atoms with E-state index in [1.165, 1.54) is 0 Å². The lowest BCUT2D eigenvalue weighted by molar-refractivity contribution is -0.138. The molecule has 0 heterocycles. The highest BCUT2D eigenvalue weighted by atomic mass is 16.4. The minimum Gasteiger partial charge on any atom is -0.481 e. The van der Waals surface area contributed by atoms with E-state index in [0.29, 0.717) is 13.1 Å². The molecule has 18 heavy (non-hydrogen) atoms. The van der Waals surface area contributed by atoms with Gasteiger partial charge >= 0.3 is 11.9 Å². The standard InChI is InChI=1S/C12H24N2O4/c1-3-13(7-5-11(15)16)9-10-14(4-2)8-6-12(17)18/h3-10H2,1-2H3,(H,15,16)(H,17,18). The van der Waals surface area contributed by atoms with E-state index in [1.807, 2.05) is 13.8 Å². The van der Waals surface area contributed by atoms with E-state index in [4.69, 9.17) is 10.2 Å². The molecule has 0 aromatic rings. The van der Waals surface area contributed by atoms with E-state index in [2.05, 4.69) is 9.80 Å². The second-order valence-corrected chi connectivity index (χ2v) is 4.16. The number of nitrogens with zero attached hydrogens (tertiary/aromatic N) is 2. The van der Waals surface area contributed by atoms with Gasteiger partial charge in [0.1, 0.15) is 0 Å². The monoisotopic (exact) mass is 260 g/mol. The van der Waals surface area contributed by atoms with Crippen LogP contribution in [0.1, 0.15) is 26.7 Å². The molecule has 0 spiro atoms. The van der Waals surface area contributed by atoms with Crippen LogP contribution in [-0.2, 0) is 9.59 Å². The van der Waals surface area contributed by atoms with Crippen LogP contribution in [0, 0.1) is 0 Å². The van der Waals surface area contributed by atoms with Crippen LogP contribution < -0.4 is 0 Å². The van der Waals surface area contributed by atoms with Gasteiger partial charge in [-0.15, -0.1) is 0 Å². The van der Waals surface area contributed by atoms with Crippen molar-refractivity contribution < 1.29 is 19.8 Å². The molecule has 0 fully saturated rings. The molecule has 0 radical (unpaired) electrons. The molecule has 0 unspecified atom stereocenters. The second kappa shape index (κ2) is 9.85. The van der Waals surface area contributed by atoms with Crippen molar-refractivity contribution in [3.05, 3.63) is 0 Å². The number of rotatable bonds is 11. The molecule has 0 atom stereocenters. The Labute approximate surface area is 108 Å². The summed E-state index contributed by atoms with van der Waals surface area (Å²) in [5.74, 6) is -1.57. The molecular formula is C12H24N2O4. The summed E-state index contributed by atoms with van der Waals surface area (Å²) in [6, 6.07) is 0. The molecule has 2 N–H and O–H groups in total. The SMILES string of the molecule is CCN(CCC(=O)O)CCN(CC)CCC(=O)O. The number of carboxylic acid groups (broad SMARTS) is 2. The van der Waals surface area contributed by atoms with Gasteiger partial charge in [0.15, 0.2) is 0 Å². The predicted molar refractivity (Wildman–Crippen MR) is 68.7 cm³/mol. The summed E-state index contributed by atoms with van der Waals surface area (Å²) in [5.41, 5.74) is 0. The van der Waals surface area contributed by atoms with Crippen LogP contribution in [0.3, 0.4) is 0 Å². The molecular weight excluding hydrogens is 236 g/mol. The van der Waals surface area contributed by atoms with Gasteiger partial charge in [-0.2, -0.15) is 0 Å². The lowest BCUT2D eigenvalue weighted by Crippen LogP contribution is -2.37. The summed E-state index contributed by atoms with van der Waals surface area (Å²) in [7, 11) is 0. The van der Waals surface area contributed by atoms with E-state index in [0.717, 1.165) is 26.2 Å². The fourth-order valence-electron chi connectivity index (χ4n) is 1.65. The Kier molecular flexibility index (Phi) is 9.22. The van der Waals surface area contributed by atoms with Gasteiger partial charge in [0.2, 0.25) is 0 Å². The Balaban J connectivity index is 3.91. The van der Waals surface area contributed by atoms with Gasteiger partial charge in [0.25, 0.3) is 0 Å². The minimum atomic E-state index is -0.785. The number of hydrogen-bond donors (Lipinski definition) is 2. The van der Waals surface area contributed by atoms with Crippen LogP contribution >= 0.6 is 0 Å². The zero-order chi connectivity index (χ0) is 14.0. The molecule has 6 nitrogen and oxygen atoms in total. The van der Waals surface area contributed by atoms with Crippen LogP contribution in [0.25, 0.3) is 0 Å². The first-order valence-electron chi connectivity index (χ1n) is 6.37. The third-order valence-electron chi connectivity index (χ3n) is 2.91. The molecule has 0 bridgehead atoms. The molecule has 0 aliphatic heterocycles. The topological polar surface area (TPSA) is 81.1 Å². The Morgan fingerprint density at radius 3 is 1.33 bits per heavy atom. The number of aliphatic carboxylic acids is 2. The average Bonchev–Trinajstić information content (AvgIpc) is 2.32. The van der Waals surface area contributed by atoms with Crippen LogP contribution in [0.15, 0.2) is 0 Å². The van der Waals surface area contributed by atoms with Crippen molar-refractivity contribution in [2.45, 2.75) is 26.7 Å². The number of likely N-dealkylation sites (N-methyl/N-ethyl adjacent to an activating group) is 2. The first-order chi connectivity index (χ1) is 8.49. The maximum atomic E-state index is 10.5. The average molecular weight is 260 g/mol. The maximum absolute atomic E-state index is 10.5. The van der Waals surface area contributed by atoms with Crippen LogP contribution in [0.4, 0.5) is 0 Å². The molecule has 0 rings (SSSR count). The van der Waals surface area contributed by atoms with Gasteiger partial charge in [-0.3, -0.25) is 9.59 Å². The highest BCUT2D eigenvalue weighted by molar-refractivity contribution is 5.67. The van der Waals surface area contributed by atoms with Crippen molar-refractivity contribution in [2.75, 3.05) is 39.3 Å².